The van der Waals surface area contributed by atoms with Crippen LogP contribution >= 0.6 is 11.3 Å². The van der Waals surface area contributed by atoms with Crippen molar-refractivity contribution in [3.63, 3.8) is 0 Å². The minimum absolute atomic E-state index is 0.233. The van der Waals surface area contributed by atoms with Crippen LogP contribution in [-0.2, 0) is 13.1 Å². The molecule has 1 heterocycles. The number of carboxylic acids is 1. The third kappa shape index (κ3) is 4.61. The topological polar surface area (TPSA) is 78.4 Å². The molecule has 0 aliphatic heterocycles. The molecule has 0 atom stereocenters. The summed E-state index contributed by atoms with van der Waals surface area (Å²) >= 11 is 1.65. The van der Waals surface area contributed by atoms with Crippen molar-refractivity contribution in [2.75, 3.05) is 0 Å². The Balaban J connectivity index is 1.77. The highest BCUT2D eigenvalue weighted by Gasteiger charge is 2.04. The quantitative estimate of drug-likeness (QED) is 0.794. The van der Waals surface area contributed by atoms with E-state index >= 15 is 0 Å². The van der Waals surface area contributed by atoms with Gasteiger partial charge in [-0.15, -0.1) is 11.3 Å². The number of thiophene rings is 1. The lowest BCUT2D eigenvalue weighted by molar-refractivity contribution is 0.0697. The van der Waals surface area contributed by atoms with Gasteiger partial charge in [0.2, 0.25) is 0 Å². The van der Waals surface area contributed by atoms with Crippen LogP contribution in [0.2, 0.25) is 0 Å². The Labute approximate surface area is 126 Å². The Morgan fingerprint density at radius 3 is 2.29 bits per heavy atom. The normalized spacial score (nSPS) is 10.1. The van der Waals surface area contributed by atoms with E-state index in [-0.39, 0.29) is 11.6 Å². The molecule has 110 valence electrons. The molecule has 21 heavy (non-hydrogen) atoms. The van der Waals surface area contributed by atoms with Gasteiger partial charge in [0.05, 0.1) is 12.1 Å². The van der Waals surface area contributed by atoms with E-state index in [0.29, 0.717) is 13.1 Å². The van der Waals surface area contributed by atoms with Crippen LogP contribution < -0.4 is 10.6 Å². The number of urea groups is 1. The van der Waals surface area contributed by atoms with E-state index in [1.165, 1.54) is 17.0 Å². The summed E-state index contributed by atoms with van der Waals surface area (Å²) in [7, 11) is 0. The fourth-order valence-electron chi connectivity index (χ4n) is 1.76. The van der Waals surface area contributed by atoms with Crippen LogP contribution in [0.25, 0.3) is 0 Å². The van der Waals surface area contributed by atoms with Crippen LogP contribution in [0.3, 0.4) is 0 Å². The van der Waals surface area contributed by atoms with Gasteiger partial charge in [-0.25, -0.2) is 9.59 Å². The highest BCUT2D eigenvalue weighted by molar-refractivity contribution is 7.11. The first-order valence-electron chi connectivity index (χ1n) is 6.44. The molecule has 3 N–H and O–H groups in total. The second kappa shape index (κ2) is 6.90. The summed E-state index contributed by atoms with van der Waals surface area (Å²) in [4.78, 5) is 24.7. The summed E-state index contributed by atoms with van der Waals surface area (Å²) in [6.45, 7) is 2.88. The van der Waals surface area contributed by atoms with Gasteiger partial charge in [-0.3, -0.25) is 0 Å². The van der Waals surface area contributed by atoms with E-state index in [0.717, 1.165) is 10.4 Å². The van der Waals surface area contributed by atoms with Crippen LogP contribution in [-0.4, -0.2) is 17.1 Å². The zero-order valence-corrected chi connectivity index (χ0v) is 12.4. The zero-order valence-electron chi connectivity index (χ0n) is 11.6. The number of carboxylic acid groups (broad SMARTS) is 1. The summed E-state index contributed by atoms with van der Waals surface area (Å²) in [6.07, 6.45) is 0. The second-order valence-corrected chi connectivity index (χ2v) is 5.92. The van der Waals surface area contributed by atoms with Crippen molar-refractivity contribution in [3.05, 3.63) is 57.3 Å². The maximum absolute atomic E-state index is 11.7. The van der Waals surface area contributed by atoms with Gasteiger partial charge in [0.1, 0.15) is 0 Å². The molecule has 5 nitrogen and oxygen atoms in total. The molecule has 1 aromatic carbocycles. The molecule has 2 aromatic rings. The van der Waals surface area contributed by atoms with Crippen molar-refractivity contribution in [1.82, 2.24) is 10.6 Å². The smallest absolute Gasteiger partial charge is 0.335 e. The molecule has 6 heteroatoms. The lowest BCUT2D eigenvalue weighted by Gasteiger charge is -2.07. The van der Waals surface area contributed by atoms with Gasteiger partial charge >= 0.3 is 12.0 Å². The van der Waals surface area contributed by atoms with Crippen LogP contribution in [0.1, 0.15) is 25.7 Å². The van der Waals surface area contributed by atoms with E-state index in [2.05, 4.69) is 10.6 Å². The molecule has 0 saturated carbocycles. The Kier molecular flexibility index (Phi) is 4.94. The molecular formula is C15H16N2O3S. The molecule has 0 aliphatic carbocycles. The summed E-state index contributed by atoms with van der Waals surface area (Å²) in [5, 5.41) is 14.3. The number of amides is 2. The van der Waals surface area contributed by atoms with Gasteiger partial charge in [0, 0.05) is 16.3 Å². The van der Waals surface area contributed by atoms with E-state index in [1.54, 1.807) is 23.5 Å². The Morgan fingerprint density at radius 2 is 1.71 bits per heavy atom. The average molecular weight is 304 g/mol. The van der Waals surface area contributed by atoms with Gasteiger partial charge in [-0.05, 0) is 36.8 Å². The SMILES string of the molecule is Cc1ccc(CNC(=O)NCc2ccc(C(=O)O)cc2)s1. The number of benzene rings is 1. The lowest BCUT2D eigenvalue weighted by Crippen LogP contribution is -2.34. The second-order valence-electron chi connectivity index (χ2n) is 4.55. The average Bonchev–Trinajstić information content (AvgIpc) is 2.89. The standard InChI is InChI=1S/C15H16N2O3S/c1-10-2-7-13(21-10)9-17-15(20)16-8-11-3-5-12(6-4-11)14(18)19/h2-7H,8-9H2,1H3,(H,18,19)(H2,16,17,20). The predicted octanol–water partition coefficient (Wildman–Crippen LogP) is 2.75. The maximum Gasteiger partial charge on any atom is 0.335 e. The molecule has 0 saturated heterocycles. The third-order valence-electron chi connectivity index (χ3n) is 2.87. The Hall–Kier alpha value is -2.34. The van der Waals surface area contributed by atoms with Gasteiger partial charge in [0.25, 0.3) is 0 Å². The molecule has 0 radical (unpaired) electrons. The summed E-state index contributed by atoms with van der Waals surface area (Å²) in [5.74, 6) is -0.960. The van der Waals surface area contributed by atoms with Gasteiger partial charge in [-0.1, -0.05) is 12.1 Å². The van der Waals surface area contributed by atoms with Crippen LogP contribution in [0, 0.1) is 6.92 Å². The zero-order chi connectivity index (χ0) is 15.2. The van der Waals surface area contributed by atoms with Crippen LogP contribution in [0.4, 0.5) is 4.79 Å². The highest BCUT2D eigenvalue weighted by Crippen LogP contribution is 2.14. The summed E-state index contributed by atoms with van der Waals surface area (Å²) in [6, 6.07) is 10.2. The number of carbonyl (C=O) groups is 2. The molecule has 0 spiro atoms. The van der Waals surface area contributed by atoms with E-state index < -0.39 is 5.97 Å². The van der Waals surface area contributed by atoms with Crippen LogP contribution in [0.15, 0.2) is 36.4 Å². The van der Waals surface area contributed by atoms with Gasteiger partial charge < -0.3 is 15.7 Å². The molecular weight excluding hydrogens is 288 g/mol. The summed E-state index contributed by atoms with van der Waals surface area (Å²) in [5.41, 5.74) is 1.08. The first kappa shape index (κ1) is 15.1. The van der Waals surface area contributed by atoms with E-state index in [4.69, 9.17) is 5.11 Å². The molecule has 1 aromatic heterocycles. The Morgan fingerprint density at radius 1 is 1.05 bits per heavy atom. The molecule has 0 unspecified atom stereocenters. The first-order valence-corrected chi connectivity index (χ1v) is 7.25. The summed E-state index contributed by atoms with van der Waals surface area (Å²) < 4.78 is 0. The number of rotatable bonds is 5. The van der Waals surface area contributed by atoms with Crippen LogP contribution in [0.5, 0.6) is 0 Å². The number of aromatic carboxylic acids is 1. The highest BCUT2D eigenvalue weighted by atomic mass is 32.1. The molecule has 0 fully saturated rings. The molecule has 0 bridgehead atoms. The molecule has 2 amide bonds. The van der Waals surface area contributed by atoms with Crippen molar-refractivity contribution in [3.8, 4) is 0 Å². The fourth-order valence-corrected chi connectivity index (χ4v) is 2.59. The third-order valence-corrected chi connectivity index (χ3v) is 3.87. The van der Waals surface area contributed by atoms with E-state index in [9.17, 15) is 9.59 Å². The number of carbonyl (C=O) groups excluding carboxylic acids is 1. The van der Waals surface area contributed by atoms with E-state index in [1.807, 2.05) is 19.1 Å². The lowest BCUT2D eigenvalue weighted by atomic mass is 10.1. The number of nitrogens with one attached hydrogen (secondary N) is 2. The largest absolute Gasteiger partial charge is 0.478 e. The van der Waals surface area contributed by atoms with Crippen molar-refractivity contribution in [1.29, 1.82) is 0 Å². The first-order chi connectivity index (χ1) is 10.0. The van der Waals surface area contributed by atoms with Crippen molar-refractivity contribution in [2.24, 2.45) is 0 Å². The van der Waals surface area contributed by atoms with Gasteiger partial charge in [0.15, 0.2) is 0 Å². The van der Waals surface area contributed by atoms with Crippen molar-refractivity contribution < 1.29 is 14.7 Å². The van der Waals surface area contributed by atoms with Crippen molar-refractivity contribution >= 4 is 23.3 Å². The predicted molar refractivity (Wildman–Crippen MR) is 81.5 cm³/mol. The Bertz CT molecular complexity index is 635. The number of hydrogen-bond acceptors (Lipinski definition) is 3. The maximum atomic E-state index is 11.7. The minimum atomic E-state index is -0.960. The molecule has 2 rings (SSSR count). The van der Waals surface area contributed by atoms with Gasteiger partial charge in [-0.2, -0.15) is 0 Å². The number of hydrogen-bond donors (Lipinski definition) is 3. The van der Waals surface area contributed by atoms with Crippen molar-refractivity contribution in [2.45, 2.75) is 20.0 Å². The fraction of sp³-hybridized carbons (Fsp3) is 0.200. The monoisotopic (exact) mass is 304 g/mol. The number of aryl methyl sites for hydroxylation is 1. The minimum Gasteiger partial charge on any atom is -0.478 e. The molecule has 0 aliphatic rings.